The van der Waals surface area contributed by atoms with Gasteiger partial charge in [0, 0.05) is 4.47 Å². The van der Waals surface area contributed by atoms with E-state index in [1.165, 1.54) is 18.3 Å². The summed E-state index contributed by atoms with van der Waals surface area (Å²) in [5.41, 5.74) is 0.321. The first kappa shape index (κ1) is 15.0. The van der Waals surface area contributed by atoms with Gasteiger partial charge in [-0.3, -0.25) is 4.79 Å². The number of carbonyl (C=O) groups excluding carboxylic acids is 1. The largest absolute Gasteiger partial charge is 0.484 e. The van der Waals surface area contributed by atoms with E-state index in [2.05, 4.69) is 26.2 Å². The fourth-order valence-electron chi connectivity index (χ4n) is 1.50. The molecule has 1 aromatic carbocycles. The van der Waals surface area contributed by atoms with Crippen LogP contribution in [-0.4, -0.2) is 28.6 Å². The van der Waals surface area contributed by atoms with Crippen molar-refractivity contribution in [3.63, 3.8) is 0 Å². The summed E-state index contributed by atoms with van der Waals surface area (Å²) in [4.78, 5) is 26.0. The van der Waals surface area contributed by atoms with Crippen LogP contribution in [0.25, 0.3) is 0 Å². The van der Waals surface area contributed by atoms with E-state index in [0.717, 1.165) is 4.47 Å². The molecule has 1 amide bonds. The van der Waals surface area contributed by atoms with Crippen LogP contribution in [-0.2, 0) is 4.79 Å². The fraction of sp³-hybridized carbons (Fsp3) is 0.0714. The smallest absolute Gasteiger partial charge is 0.354 e. The third-order valence-electron chi connectivity index (χ3n) is 2.43. The highest BCUT2D eigenvalue weighted by Crippen LogP contribution is 2.17. The van der Waals surface area contributed by atoms with Crippen LogP contribution in [0.1, 0.15) is 10.5 Å². The van der Waals surface area contributed by atoms with Gasteiger partial charge in [0.25, 0.3) is 5.91 Å². The standard InChI is InChI=1S/C14H11BrN2O4/c15-9-2-1-3-11(6-9)21-8-13(18)17-10-4-5-12(14(19)20)16-7-10/h1-7H,8H2,(H,17,18)(H,19,20). The zero-order valence-corrected chi connectivity index (χ0v) is 12.3. The summed E-state index contributed by atoms with van der Waals surface area (Å²) in [6.07, 6.45) is 1.28. The van der Waals surface area contributed by atoms with Gasteiger partial charge in [-0.05, 0) is 30.3 Å². The Balaban J connectivity index is 1.88. The van der Waals surface area contributed by atoms with Crippen molar-refractivity contribution >= 4 is 33.5 Å². The average molecular weight is 351 g/mol. The minimum absolute atomic E-state index is 0.0848. The second-order valence-corrected chi connectivity index (χ2v) is 4.95. The first-order chi connectivity index (χ1) is 10.0. The Kier molecular flexibility index (Phi) is 4.89. The second-order valence-electron chi connectivity index (χ2n) is 4.03. The van der Waals surface area contributed by atoms with Crippen molar-refractivity contribution in [3.05, 3.63) is 52.8 Å². The molecule has 0 aliphatic carbocycles. The van der Waals surface area contributed by atoms with Crippen LogP contribution in [0.5, 0.6) is 5.75 Å². The number of hydrogen-bond acceptors (Lipinski definition) is 4. The quantitative estimate of drug-likeness (QED) is 0.864. The van der Waals surface area contributed by atoms with Crippen LogP contribution in [0.2, 0.25) is 0 Å². The Labute approximate surface area is 128 Å². The zero-order valence-electron chi connectivity index (χ0n) is 10.7. The van der Waals surface area contributed by atoms with Gasteiger partial charge >= 0.3 is 5.97 Å². The third-order valence-corrected chi connectivity index (χ3v) is 2.93. The van der Waals surface area contributed by atoms with Crippen molar-refractivity contribution < 1.29 is 19.4 Å². The highest BCUT2D eigenvalue weighted by Gasteiger charge is 2.07. The molecule has 0 saturated heterocycles. The zero-order chi connectivity index (χ0) is 15.2. The van der Waals surface area contributed by atoms with Crippen molar-refractivity contribution in [1.82, 2.24) is 4.98 Å². The Bertz CT molecular complexity index is 658. The van der Waals surface area contributed by atoms with Gasteiger partial charge < -0.3 is 15.2 Å². The van der Waals surface area contributed by atoms with E-state index >= 15 is 0 Å². The molecule has 108 valence electrons. The lowest BCUT2D eigenvalue weighted by molar-refractivity contribution is -0.118. The van der Waals surface area contributed by atoms with Gasteiger partial charge in [0.05, 0.1) is 11.9 Å². The maximum Gasteiger partial charge on any atom is 0.354 e. The van der Waals surface area contributed by atoms with Crippen LogP contribution in [0.3, 0.4) is 0 Å². The van der Waals surface area contributed by atoms with Gasteiger partial charge in [-0.25, -0.2) is 9.78 Å². The summed E-state index contributed by atoms with van der Waals surface area (Å²) < 4.78 is 6.18. The topological polar surface area (TPSA) is 88.5 Å². The lowest BCUT2D eigenvalue weighted by atomic mass is 10.3. The van der Waals surface area contributed by atoms with Crippen LogP contribution in [0.4, 0.5) is 5.69 Å². The van der Waals surface area contributed by atoms with E-state index in [9.17, 15) is 9.59 Å². The number of benzene rings is 1. The van der Waals surface area contributed by atoms with E-state index in [0.29, 0.717) is 11.4 Å². The molecular formula is C14H11BrN2O4. The first-order valence-electron chi connectivity index (χ1n) is 5.92. The number of halogens is 1. The van der Waals surface area contributed by atoms with Crippen molar-refractivity contribution in [3.8, 4) is 5.75 Å². The van der Waals surface area contributed by atoms with Gasteiger partial charge in [0.2, 0.25) is 0 Å². The molecule has 0 radical (unpaired) electrons. The highest BCUT2D eigenvalue weighted by atomic mass is 79.9. The lowest BCUT2D eigenvalue weighted by Crippen LogP contribution is -2.20. The minimum Gasteiger partial charge on any atom is -0.484 e. The molecule has 21 heavy (non-hydrogen) atoms. The number of rotatable bonds is 5. The summed E-state index contributed by atoms with van der Waals surface area (Å²) in [5.74, 6) is -0.912. The minimum atomic E-state index is -1.12. The van der Waals surface area contributed by atoms with Gasteiger partial charge in [-0.2, -0.15) is 0 Å². The molecule has 7 heteroatoms. The van der Waals surface area contributed by atoms with E-state index in [1.54, 1.807) is 18.2 Å². The molecule has 2 N–H and O–H groups in total. The first-order valence-corrected chi connectivity index (χ1v) is 6.71. The maximum atomic E-state index is 11.7. The molecule has 0 fully saturated rings. The Morgan fingerprint density at radius 1 is 1.29 bits per heavy atom. The number of pyridine rings is 1. The van der Waals surface area contributed by atoms with Crippen LogP contribution in [0.15, 0.2) is 47.1 Å². The predicted molar refractivity (Wildman–Crippen MR) is 79.5 cm³/mol. The van der Waals surface area contributed by atoms with Gasteiger partial charge in [0.1, 0.15) is 11.4 Å². The molecule has 2 aromatic rings. The second kappa shape index (κ2) is 6.85. The van der Waals surface area contributed by atoms with E-state index in [4.69, 9.17) is 9.84 Å². The molecule has 0 saturated carbocycles. The number of aromatic nitrogens is 1. The van der Waals surface area contributed by atoms with E-state index in [-0.39, 0.29) is 18.2 Å². The number of carboxylic acids is 1. The molecule has 1 heterocycles. The number of amides is 1. The third kappa shape index (κ3) is 4.57. The number of ether oxygens (including phenoxy) is 1. The number of carbonyl (C=O) groups is 2. The van der Waals surface area contributed by atoms with Crippen molar-refractivity contribution in [2.24, 2.45) is 0 Å². The summed E-state index contributed by atoms with van der Waals surface area (Å²) in [7, 11) is 0. The molecule has 1 aromatic heterocycles. The van der Waals surface area contributed by atoms with E-state index in [1.807, 2.05) is 6.07 Å². The molecule has 2 rings (SSSR count). The van der Waals surface area contributed by atoms with Crippen LogP contribution in [0, 0.1) is 0 Å². The number of nitrogens with zero attached hydrogens (tertiary/aromatic N) is 1. The summed E-state index contributed by atoms with van der Waals surface area (Å²) >= 11 is 3.30. The normalized spacial score (nSPS) is 9.95. The summed E-state index contributed by atoms with van der Waals surface area (Å²) in [6.45, 7) is -0.156. The van der Waals surface area contributed by atoms with E-state index < -0.39 is 5.97 Å². The van der Waals surface area contributed by atoms with Crippen molar-refractivity contribution in [1.29, 1.82) is 0 Å². The number of hydrogen-bond donors (Lipinski definition) is 2. The fourth-order valence-corrected chi connectivity index (χ4v) is 1.88. The lowest BCUT2D eigenvalue weighted by Gasteiger charge is -2.07. The molecule has 0 aliphatic rings. The average Bonchev–Trinajstić information content (AvgIpc) is 2.46. The number of carboxylic acid groups (broad SMARTS) is 1. The Morgan fingerprint density at radius 3 is 2.71 bits per heavy atom. The molecule has 0 unspecified atom stereocenters. The Morgan fingerprint density at radius 2 is 2.10 bits per heavy atom. The molecule has 0 atom stereocenters. The highest BCUT2D eigenvalue weighted by molar-refractivity contribution is 9.10. The summed E-state index contributed by atoms with van der Waals surface area (Å²) in [6, 6.07) is 9.91. The molecular weight excluding hydrogens is 340 g/mol. The predicted octanol–water partition coefficient (Wildman–Crippen LogP) is 2.56. The monoisotopic (exact) mass is 350 g/mol. The number of nitrogens with one attached hydrogen (secondary N) is 1. The van der Waals surface area contributed by atoms with Crippen molar-refractivity contribution in [2.75, 3.05) is 11.9 Å². The molecule has 0 aliphatic heterocycles. The Hall–Kier alpha value is -2.41. The number of aromatic carboxylic acids is 1. The molecule has 6 nitrogen and oxygen atoms in total. The molecule has 0 spiro atoms. The molecule has 0 bridgehead atoms. The summed E-state index contributed by atoms with van der Waals surface area (Å²) in [5, 5.41) is 11.3. The van der Waals surface area contributed by atoms with Gasteiger partial charge in [0.15, 0.2) is 6.61 Å². The van der Waals surface area contributed by atoms with Gasteiger partial charge in [-0.15, -0.1) is 0 Å². The van der Waals surface area contributed by atoms with Crippen LogP contribution < -0.4 is 10.1 Å². The van der Waals surface area contributed by atoms with Gasteiger partial charge in [-0.1, -0.05) is 22.0 Å². The van der Waals surface area contributed by atoms with Crippen LogP contribution >= 0.6 is 15.9 Å². The SMILES string of the molecule is O=C(COc1cccc(Br)c1)Nc1ccc(C(=O)O)nc1. The maximum absolute atomic E-state index is 11.7. The number of anilines is 1. The van der Waals surface area contributed by atoms with Crippen molar-refractivity contribution in [2.45, 2.75) is 0 Å².